The fourth-order valence-corrected chi connectivity index (χ4v) is 4.83. The molecule has 0 bridgehead atoms. The van der Waals surface area contributed by atoms with Crippen LogP contribution in [0.5, 0.6) is 0 Å². The van der Waals surface area contributed by atoms with E-state index in [0.717, 1.165) is 36.8 Å². The lowest BCUT2D eigenvalue weighted by atomic mass is 9.94. The Bertz CT molecular complexity index is 1060. The van der Waals surface area contributed by atoms with Crippen molar-refractivity contribution in [2.45, 2.75) is 25.8 Å². The van der Waals surface area contributed by atoms with Gasteiger partial charge < -0.3 is 10.6 Å². The summed E-state index contributed by atoms with van der Waals surface area (Å²) in [5.41, 5.74) is 2.21. The molecule has 1 saturated heterocycles. The Morgan fingerprint density at radius 1 is 1.26 bits per heavy atom. The van der Waals surface area contributed by atoms with Gasteiger partial charge >= 0.3 is 0 Å². The van der Waals surface area contributed by atoms with Gasteiger partial charge in [0, 0.05) is 24.2 Å². The number of rotatable bonds is 10. The second kappa shape index (κ2) is 12.6. The van der Waals surface area contributed by atoms with E-state index in [2.05, 4.69) is 57.6 Å². The summed E-state index contributed by atoms with van der Waals surface area (Å²) >= 11 is -2.28. The number of nitrogens with one attached hydrogen (secondary N) is 2. The van der Waals surface area contributed by atoms with Gasteiger partial charge in [0.2, 0.25) is 23.1 Å². The maximum atomic E-state index is 12.2. The van der Waals surface area contributed by atoms with Crippen molar-refractivity contribution >= 4 is 34.0 Å². The fraction of sp³-hybridized carbons (Fsp3) is 0.458. The summed E-state index contributed by atoms with van der Waals surface area (Å²) in [6, 6.07) is 10.4. The maximum absolute atomic E-state index is 12.2. The van der Waals surface area contributed by atoms with Crippen molar-refractivity contribution in [3.05, 3.63) is 42.1 Å². The van der Waals surface area contributed by atoms with Gasteiger partial charge in [0.05, 0.1) is 25.2 Å². The summed E-state index contributed by atoms with van der Waals surface area (Å²) in [4.78, 5) is 30.7. The molecular formula is C24H31N5O4S. The van der Waals surface area contributed by atoms with Crippen LogP contribution in [-0.4, -0.2) is 74.0 Å². The van der Waals surface area contributed by atoms with Crippen LogP contribution in [0.4, 0.5) is 0 Å². The highest BCUT2D eigenvalue weighted by molar-refractivity contribution is 7.76. The molecule has 2 heterocycles. The Morgan fingerprint density at radius 3 is 2.71 bits per heavy atom. The third kappa shape index (κ3) is 7.08. The summed E-state index contributed by atoms with van der Waals surface area (Å²) in [7, 11) is 0. The quantitative estimate of drug-likeness (QED) is 0.345. The summed E-state index contributed by atoms with van der Waals surface area (Å²) in [5.74, 6) is 1.56. The second-order valence-electron chi connectivity index (χ2n) is 8.39. The van der Waals surface area contributed by atoms with Gasteiger partial charge in [-0.15, -0.1) is 6.42 Å². The lowest BCUT2D eigenvalue weighted by molar-refractivity contribution is -0.126. The third-order valence-electron chi connectivity index (χ3n) is 6.15. The molecule has 9 nitrogen and oxygen atoms in total. The third-order valence-corrected chi connectivity index (χ3v) is 6.87. The summed E-state index contributed by atoms with van der Waals surface area (Å²) in [6.45, 7) is 3.80. The van der Waals surface area contributed by atoms with Crippen LogP contribution in [-0.2, 0) is 20.9 Å². The zero-order chi connectivity index (χ0) is 24.5. The summed E-state index contributed by atoms with van der Waals surface area (Å²) < 4.78 is 22.7. The molecule has 1 aliphatic rings. The molecule has 0 radical (unpaired) electrons. The van der Waals surface area contributed by atoms with Crippen molar-refractivity contribution in [3.8, 4) is 12.3 Å². The van der Waals surface area contributed by atoms with Gasteiger partial charge in [-0.1, -0.05) is 30.2 Å². The van der Waals surface area contributed by atoms with Crippen molar-refractivity contribution in [1.29, 1.82) is 0 Å². The molecule has 2 atom stereocenters. The first-order chi connectivity index (χ1) is 16.4. The molecule has 0 saturated carbocycles. The number of terminal acetylenes is 1. The minimum Gasteiger partial charge on any atom is -0.346 e. The van der Waals surface area contributed by atoms with E-state index in [1.807, 2.05) is 12.3 Å². The smallest absolute Gasteiger partial charge is 0.240 e. The van der Waals surface area contributed by atoms with Crippen molar-refractivity contribution in [2.24, 2.45) is 5.92 Å². The van der Waals surface area contributed by atoms with Crippen LogP contribution in [0.3, 0.4) is 0 Å². The molecule has 2 unspecified atom stereocenters. The Hall–Kier alpha value is -2.84. The van der Waals surface area contributed by atoms with Crippen molar-refractivity contribution < 1.29 is 18.4 Å². The number of aromatic nitrogens is 1. The van der Waals surface area contributed by atoms with E-state index < -0.39 is 23.1 Å². The molecule has 10 heteroatoms. The highest BCUT2D eigenvalue weighted by Crippen LogP contribution is 2.30. The number of pyridine rings is 1. The number of para-hydroxylation sites is 1. The summed E-state index contributed by atoms with van der Waals surface area (Å²) in [6.07, 6.45) is 8.59. The number of benzene rings is 1. The molecule has 2 aromatic rings. The molecule has 1 aromatic carbocycles. The molecule has 3 rings (SSSR count). The minimum absolute atomic E-state index is 0.0792. The van der Waals surface area contributed by atoms with Crippen molar-refractivity contribution in [1.82, 2.24) is 24.8 Å². The molecule has 0 spiro atoms. The van der Waals surface area contributed by atoms with Crippen molar-refractivity contribution in [3.63, 3.8) is 0 Å². The molecule has 3 N–H and O–H groups in total. The van der Waals surface area contributed by atoms with Crippen LogP contribution < -0.4 is 10.6 Å². The number of hydrogen-bond acceptors (Lipinski definition) is 5. The average molecular weight is 486 g/mol. The lowest BCUT2D eigenvalue weighted by Gasteiger charge is -2.37. The number of carbonyl (C=O) groups is 2. The molecule has 2 amide bonds. The standard InChI is InChI=1S/C24H31N5O4S/c1-3-11-25-22(30)15-27-23(31)17-29(34(32)33)16-19-9-13-28(14-10-19)18(2)21-8-4-6-20-7-5-12-26-24(20)21/h1,4-8,12,18-19H,9-11,13-17H2,2H3,(H,25,30)(H,27,31)(H,32,33). The number of amides is 2. The predicted molar refractivity (Wildman–Crippen MR) is 132 cm³/mol. The number of nitrogens with zero attached hydrogens (tertiary/aromatic N) is 3. The first-order valence-corrected chi connectivity index (χ1v) is 12.4. The van der Waals surface area contributed by atoms with Gasteiger partial charge in [-0.3, -0.25) is 24.0 Å². The number of fused-ring (bicyclic) bond motifs is 1. The molecule has 34 heavy (non-hydrogen) atoms. The van der Waals surface area contributed by atoms with Crippen LogP contribution in [0.2, 0.25) is 0 Å². The van der Waals surface area contributed by atoms with E-state index in [4.69, 9.17) is 6.42 Å². The van der Waals surface area contributed by atoms with Crippen LogP contribution in [0.1, 0.15) is 31.4 Å². The minimum atomic E-state index is -2.28. The zero-order valence-electron chi connectivity index (χ0n) is 19.3. The van der Waals surface area contributed by atoms with Crippen LogP contribution >= 0.6 is 0 Å². The first kappa shape index (κ1) is 25.8. The monoisotopic (exact) mass is 485 g/mol. The normalized spacial score (nSPS) is 16.6. The van der Waals surface area contributed by atoms with Gasteiger partial charge in [-0.2, -0.15) is 4.31 Å². The van der Waals surface area contributed by atoms with Crippen LogP contribution in [0.15, 0.2) is 36.5 Å². The maximum Gasteiger partial charge on any atom is 0.240 e. The second-order valence-corrected chi connectivity index (χ2v) is 9.37. The highest BCUT2D eigenvalue weighted by atomic mass is 32.2. The molecular weight excluding hydrogens is 454 g/mol. The topological polar surface area (TPSA) is 115 Å². The Balaban J connectivity index is 1.50. The van der Waals surface area contributed by atoms with Crippen LogP contribution in [0, 0.1) is 18.3 Å². The van der Waals surface area contributed by atoms with Gasteiger partial charge in [0.1, 0.15) is 0 Å². The Kier molecular flexibility index (Phi) is 9.53. The van der Waals surface area contributed by atoms with Gasteiger partial charge in [0.15, 0.2) is 0 Å². The molecule has 182 valence electrons. The lowest BCUT2D eigenvalue weighted by Crippen LogP contribution is -2.45. The van der Waals surface area contributed by atoms with Crippen LogP contribution in [0.25, 0.3) is 10.9 Å². The molecule has 1 aliphatic heterocycles. The number of carbonyl (C=O) groups excluding carboxylic acids is 2. The fourth-order valence-electron chi connectivity index (χ4n) is 4.26. The van der Waals surface area contributed by atoms with E-state index in [9.17, 15) is 18.4 Å². The zero-order valence-corrected chi connectivity index (χ0v) is 20.1. The molecule has 0 aliphatic carbocycles. The summed E-state index contributed by atoms with van der Waals surface area (Å²) in [5, 5.41) is 6.01. The largest absolute Gasteiger partial charge is 0.346 e. The van der Waals surface area contributed by atoms with E-state index in [1.165, 1.54) is 9.87 Å². The Morgan fingerprint density at radius 2 is 2.00 bits per heavy atom. The van der Waals surface area contributed by atoms with Crippen molar-refractivity contribution in [2.75, 3.05) is 39.3 Å². The molecule has 1 aromatic heterocycles. The Labute approximate surface area is 202 Å². The average Bonchev–Trinajstić information content (AvgIpc) is 2.85. The molecule has 1 fully saturated rings. The SMILES string of the molecule is C#CCNC(=O)CNC(=O)CN(CC1CCN(C(C)c2cccc3cccnc23)CC1)S(=O)O. The van der Waals surface area contributed by atoms with E-state index in [1.54, 1.807) is 0 Å². The number of likely N-dealkylation sites (tertiary alicyclic amines) is 1. The first-order valence-electron chi connectivity index (χ1n) is 11.3. The van der Waals surface area contributed by atoms with Gasteiger partial charge in [-0.05, 0) is 50.4 Å². The highest BCUT2D eigenvalue weighted by Gasteiger charge is 2.28. The number of piperidine rings is 1. The number of hydrogen-bond donors (Lipinski definition) is 3. The van der Waals surface area contributed by atoms with E-state index >= 15 is 0 Å². The van der Waals surface area contributed by atoms with E-state index in [0.29, 0.717) is 6.54 Å². The van der Waals surface area contributed by atoms with Gasteiger partial charge in [-0.25, -0.2) is 4.21 Å². The van der Waals surface area contributed by atoms with Gasteiger partial charge in [0.25, 0.3) is 0 Å². The predicted octanol–water partition coefficient (Wildman–Crippen LogP) is 1.31. The van der Waals surface area contributed by atoms with E-state index in [-0.39, 0.29) is 31.6 Å².